The van der Waals surface area contributed by atoms with Crippen molar-refractivity contribution in [2.24, 2.45) is 5.92 Å². The molecule has 0 saturated heterocycles. The maximum absolute atomic E-state index is 9.65. The second-order valence-electron chi connectivity index (χ2n) is 2.95. The van der Waals surface area contributed by atoms with E-state index in [0.29, 0.717) is 0 Å². The molecular weight excluding hydrogens is 172 g/mol. The fraction of sp³-hybridized carbons (Fsp3) is 0.778. The lowest BCUT2D eigenvalue weighted by Gasteiger charge is -2.01. The Kier molecular flexibility index (Phi) is 10.0. The van der Waals surface area contributed by atoms with Crippen LogP contribution in [0, 0.1) is 5.92 Å². The molecule has 0 spiro atoms. The quantitative estimate of drug-likeness (QED) is 0.585. The molecule has 0 saturated carbocycles. The van der Waals surface area contributed by atoms with Gasteiger partial charge in [-0.2, -0.15) is 0 Å². The van der Waals surface area contributed by atoms with Crippen LogP contribution in [-0.4, -0.2) is 11.9 Å². The zero-order valence-corrected chi connectivity index (χ0v) is 8.33. The monoisotopic (exact) mass is 188 g/mol. The normalized spacial score (nSPS) is 8.92. The van der Waals surface area contributed by atoms with Crippen LogP contribution in [0.1, 0.15) is 40.0 Å². The van der Waals surface area contributed by atoms with Crippen LogP contribution in [0.5, 0.6) is 0 Å². The number of unbranched alkanes of at least 4 members (excludes halogenated alkanes) is 1. The smallest absolute Gasteiger partial charge is 0.0439 e. The summed E-state index contributed by atoms with van der Waals surface area (Å²) in [7, 11) is 0. The molecule has 4 heteroatoms. The maximum atomic E-state index is 9.65. The van der Waals surface area contributed by atoms with E-state index in [4.69, 9.17) is 0 Å². The Labute approximate surface area is 78.6 Å². The van der Waals surface area contributed by atoms with Crippen LogP contribution < -0.4 is 10.2 Å². The third kappa shape index (κ3) is 18.2. The number of hydrogen-bond donors (Lipinski definition) is 0. The van der Waals surface area contributed by atoms with Gasteiger partial charge in [0.1, 0.15) is 0 Å². The molecule has 0 radical (unpaired) electrons. The van der Waals surface area contributed by atoms with E-state index in [-0.39, 0.29) is 12.3 Å². The van der Waals surface area contributed by atoms with Crippen molar-refractivity contribution in [1.82, 2.24) is 0 Å². The number of rotatable bonds is 4. The van der Waals surface area contributed by atoms with Crippen LogP contribution in [0.3, 0.4) is 0 Å². The van der Waals surface area contributed by atoms with E-state index < -0.39 is 11.9 Å². The van der Waals surface area contributed by atoms with E-state index in [0.717, 1.165) is 12.8 Å². The SMILES string of the molecule is CC(C)C(=O)[O-].CCCCC(=O)[O-]. The molecule has 0 aromatic carbocycles. The molecule has 0 aromatic rings. The molecule has 0 aromatic heterocycles. The summed E-state index contributed by atoms with van der Waals surface area (Å²) >= 11 is 0. The molecule has 78 valence electrons. The molecule has 0 unspecified atom stereocenters. The number of carboxylic acids is 2. The second kappa shape index (κ2) is 9.03. The van der Waals surface area contributed by atoms with Gasteiger partial charge in [-0.1, -0.05) is 27.2 Å². The van der Waals surface area contributed by atoms with Gasteiger partial charge in [0.05, 0.1) is 0 Å². The summed E-state index contributed by atoms with van der Waals surface area (Å²) in [6.07, 6.45) is 1.87. The third-order valence-electron chi connectivity index (χ3n) is 1.21. The molecule has 13 heavy (non-hydrogen) atoms. The Hall–Kier alpha value is -1.06. The van der Waals surface area contributed by atoms with Crippen molar-refractivity contribution < 1.29 is 19.8 Å². The molecule has 0 amide bonds. The average Bonchev–Trinajstić information content (AvgIpc) is 2.01. The first-order chi connectivity index (χ1) is 5.91. The lowest BCUT2D eigenvalue weighted by Crippen LogP contribution is -2.27. The standard InChI is InChI=1S/C5H10O2.C4H8O2/c1-2-3-4-5(6)7;1-3(2)4(5)6/h2-4H2,1H3,(H,6,7);3H,1-2H3,(H,5,6)/p-2. The first-order valence-corrected chi connectivity index (χ1v) is 4.32. The van der Waals surface area contributed by atoms with Gasteiger partial charge in [0, 0.05) is 11.9 Å². The number of aliphatic carboxylic acids is 2. The average molecular weight is 188 g/mol. The van der Waals surface area contributed by atoms with Crippen molar-refractivity contribution in [3.63, 3.8) is 0 Å². The summed E-state index contributed by atoms with van der Waals surface area (Å²) in [4.78, 5) is 19.2. The fourth-order valence-electron chi connectivity index (χ4n) is 0.321. The zero-order chi connectivity index (χ0) is 10.9. The molecule has 0 atom stereocenters. The van der Waals surface area contributed by atoms with E-state index in [9.17, 15) is 19.8 Å². The predicted molar refractivity (Wildman–Crippen MR) is 44.4 cm³/mol. The van der Waals surface area contributed by atoms with Gasteiger partial charge in [0.2, 0.25) is 0 Å². The molecule has 0 fully saturated rings. The first kappa shape index (κ1) is 14.5. The van der Waals surface area contributed by atoms with Gasteiger partial charge in [-0.05, 0) is 18.8 Å². The van der Waals surface area contributed by atoms with E-state index in [1.54, 1.807) is 13.8 Å². The van der Waals surface area contributed by atoms with Gasteiger partial charge in [-0.3, -0.25) is 0 Å². The third-order valence-corrected chi connectivity index (χ3v) is 1.21. The molecule has 0 aliphatic heterocycles. The summed E-state index contributed by atoms with van der Waals surface area (Å²) in [5, 5.41) is 19.2. The van der Waals surface area contributed by atoms with E-state index >= 15 is 0 Å². The Bertz CT molecular complexity index is 152. The lowest BCUT2D eigenvalue weighted by molar-refractivity contribution is -0.310. The van der Waals surface area contributed by atoms with Crippen molar-refractivity contribution in [3.8, 4) is 0 Å². The molecule has 0 rings (SSSR count). The highest BCUT2D eigenvalue weighted by atomic mass is 16.4. The Morgan fingerprint density at radius 2 is 1.62 bits per heavy atom. The molecule has 0 aliphatic rings. The van der Waals surface area contributed by atoms with Crippen molar-refractivity contribution in [2.75, 3.05) is 0 Å². The largest absolute Gasteiger partial charge is 0.550 e. The van der Waals surface area contributed by atoms with Crippen LogP contribution in [0.4, 0.5) is 0 Å². The Balaban J connectivity index is 0. The minimum atomic E-state index is -0.991. The molecule has 0 bridgehead atoms. The lowest BCUT2D eigenvalue weighted by atomic mass is 10.2. The van der Waals surface area contributed by atoms with Crippen LogP contribution in [0.25, 0.3) is 0 Å². The molecule has 0 N–H and O–H groups in total. The topological polar surface area (TPSA) is 80.3 Å². The molecule has 0 heterocycles. The van der Waals surface area contributed by atoms with E-state index in [1.807, 2.05) is 6.92 Å². The van der Waals surface area contributed by atoms with Gasteiger partial charge in [-0.15, -0.1) is 0 Å². The van der Waals surface area contributed by atoms with E-state index in [2.05, 4.69) is 0 Å². The maximum Gasteiger partial charge on any atom is 0.0439 e. The summed E-state index contributed by atoms with van der Waals surface area (Å²) in [5.41, 5.74) is 0. The van der Waals surface area contributed by atoms with Gasteiger partial charge < -0.3 is 19.8 Å². The van der Waals surface area contributed by atoms with Gasteiger partial charge in [0.15, 0.2) is 0 Å². The summed E-state index contributed by atoms with van der Waals surface area (Å²) < 4.78 is 0. The highest BCUT2D eigenvalue weighted by Gasteiger charge is 1.87. The summed E-state index contributed by atoms with van der Waals surface area (Å²) in [6, 6.07) is 0. The number of carbonyl (C=O) groups is 2. The van der Waals surface area contributed by atoms with Crippen LogP contribution in [0.2, 0.25) is 0 Å². The Morgan fingerprint density at radius 3 is 1.69 bits per heavy atom. The summed E-state index contributed by atoms with van der Waals surface area (Å²) in [6.45, 7) is 5.10. The fourth-order valence-corrected chi connectivity index (χ4v) is 0.321. The second-order valence-corrected chi connectivity index (χ2v) is 2.95. The highest BCUT2D eigenvalue weighted by molar-refractivity contribution is 5.66. The van der Waals surface area contributed by atoms with Crippen LogP contribution >= 0.6 is 0 Å². The van der Waals surface area contributed by atoms with Crippen molar-refractivity contribution in [3.05, 3.63) is 0 Å². The van der Waals surface area contributed by atoms with Gasteiger partial charge >= 0.3 is 0 Å². The van der Waals surface area contributed by atoms with Crippen LogP contribution in [0.15, 0.2) is 0 Å². The molecule has 4 nitrogen and oxygen atoms in total. The van der Waals surface area contributed by atoms with Crippen molar-refractivity contribution >= 4 is 11.9 Å². The minimum absolute atomic E-state index is 0.205. The highest BCUT2D eigenvalue weighted by Crippen LogP contribution is 1.89. The van der Waals surface area contributed by atoms with Gasteiger partial charge in [0.25, 0.3) is 0 Å². The first-order valence-electron chi connectivity index (χ1n) is 4.32. The Morgan fingerprint density at radius 1 is 1.23 bits per heavy atom. The van der Waals surface area contributed by atoms with Crippen molar-refractivity contribution in [1.29, 1.82) is 0 Å². The number of carboxylic acid groups (broad SMARTS) is 2. The molecule has 0 aliphatic carbocycles. The zero-order valence-electron chi connectivity index (χ0n) is 8.33. The number of hydrogen-bond acceptors (Lipinski definition) is 4. The molecular formula is C9H16O4-2. The predicted octanol–water partition coefficient (Wildman–Crippen LogP) is -0.681. The van der Waals surface area contributed by atoms with Crippen molar-refractivity contribution in [2.45, 2.75) is 40.0 Å². The summed E-state index contributed by atoms with van der Waals surface area (Å²) in [5.74, 6) is -2.28. The van der Waals surface area contributed by atoms with E-state index in [1.165, 1.54) is 0 Å². The number of carbonyl (C=O) groups excluding carboxylic acids is 2. The van der Waals surface area contributed by atoms with Gasteiger partial charge in [-0.25, -0.2) is 0 Å². The van der Waals surface area contributed by atoms with Crippen LogP contribution in [-0.2, 0) is 9.59 Å². The minimum Gasteiger partial charge on any atom is -0.550 e.